The number of hydrogen-bond donors (Lipinski definition) is 2. The van der Waals surface area contributed by atoms with E-state index in [4.69, 9.17) is 5.11 Å². The smallest absolute Gasteiger partial charge is 0.306 e. The zero-order chi connectivity index (χ0) is 16.2. The van der Waals surface area contributed by atoms with Gasteiger partial charge in [0.25, 0.3) is 0 Å². The molecule has 21 heavy (non-hydrogen) atoms. The number of nitrogens with one attached hydrogen (secondary N) is 1. The lowest BCUT2D eigenvalue weighted by atomic mass is 9.91. The van der Waals surface area contributed by atoms with Crippen molar-refractivity contribution in [2.24, 2.45) is 11.3 Å². The SMILES string of the molecule is CC1CC(C(=O)O)CCN1C(=O)CCNC(=O)C(C)(C)C. The Morgan fingerprint density at radius 1 is 1.29 bits per heavy atom. The average Bonchev–Trinajstić information content (AvgIpc) is 2.36. The van der Waals surface area contributed by atoms with Gasteiger partial charge >= 0.3 is 5.97 Å². The Kier molecular flexibility index (Phi) is 5.75. The molecule has 1 rings (SSSR count). The molecular formula is C15H26N2O4. The summed E-state index contributed by atoms with van der Waals surface area (Å²) in [4.78, 5) is 36.5. The van der Waals surface area contributed by atoms with Gasteiger partial charge in [-0.05, 0) is 19.8 Å². The summed E-state index contributed by atoms with van der Waals surface area (Å²) in [6, 6.07) is -0.0642. The number of hydrogen-bond acceptors (Lipinski definition) is 3. The summed E-state index contributed by atoms with van der Waals surface area (Å²) >= 11 is 0. The number of carboxylic acids is 1. The maximum absolute atomic E-state index is 12.1. The first-order valence-corrected chi connectivity index (χ1v) is 7.43. The minimum Gasteiger partial charge on any atom is -0.481 e. The second-order valence-electron chi connectivity index (χ2n) is 6.75. The van der Waals surface area contributed by atoms with E-state index in [-0.39, 0.29) is 30.2 Å². The Morgan fingerprint density at radius 2 is 1.90 bits per heavy atom. The van der Waals surface area contributed by atoms with Gasteiger partial charge in [0.2, 0.25) is 11.8 Å². The Bertz CT molecular complexity index is 414. The van der Waals surface area contributed by atoms with Crippen LogP contribution in [0.15, 0.2) is 0 Å². The number of carbonyl (C=O) groups excluding carboxylic acids is 2. The normalized spacial score (nSPS) is 22.8. The van der Waals surface area contributed by atoms with Crippen molar-refractivity contribution in [3.8, 4) is 0 Å². The number of aliphatic carboxylic acids is 1. The molecule has 0 saturated carbocycles. The van der Waals surface area contributed by atoms with Crippen LogP contribution in [0.1, 0.15) is 47.0 Å². The molecule has 2 N–H and O–H groups in total. The summed E-state index contributed by atoms with van der Waals surface area (Å²) in [5.41, 5.74) is -0.462. The minimum atomic E-state index is -0.786. The molecule has 6 nitrogen and oxygen atoms in total. The molecule has 120 valence electrons. The summed E-state index contributed by atoms with van der Waals surface area (Å²) in [5.74, 6) is -1.25. The first-order valence-electron chi connectivity index (χ1n) is 7.43. The van der Waals surface area contributed by atoms with Crippen LogP contribution < -0.4 is 5.32 Å². The molecule has 2 atom stereocenters. The summed E-state index contributed by atoms with van der Waals surface area (Å²) in [7, 11) is 0. The van der Waals surface area contributed by atoms with Crippen molar-refractivity contribution in [3.05, 3.63) is 0 Å². The first-order chi connectivity index (χ1) is 9.62. The molecule has 1 aliphatic rings. The van der Waals surface area contributed by atoms with Crippen LogP contribution in [0.3, 0.4) is 0 Å². The molecule has 0 radical (unpaired) electrons. The molecule has 1 fully saturated rings. The van der Waals surface area contributed by atoms with E-state index >= 15 is 0 Å². The lowest BCUT2D eigenvalue weighted by molar-refractivity contribution is -0.147. The van der Waals surface area contributed by atoms with E-state index in [1.807, 2.05) is 27.7 Å². The predicted octanol–water partition coefficient (Wildman–Crippen LogP) is 1.25. The number of amides is 2. The zero-order valence-corrected chi connectivity index (χ0v) is 13.3. The maximum atomic E-state index is 12.1. The van der Waals surface area contributed by atoms with Crippen LogP contribution in [0.2, 0.25) is 0 Å². The lowest BCUT2D eigenvalue weighted by Gasteiger charge is -2.36. The summed E-state index contributed by atoms with van der Waals surface area (Å²) in [6.07, 6.45) is 1.25. The number of rotatable bonds is 4. The molecule has 1 aliphatic heterocycles. The maximum Gasteiger partial charge on any atom is 0.306 e. The Labute approximate surface area is 125 Å². The third-order valence-corrected chi connectivity index (χ3v) is 3.85. The van der Waals surface area contributed by atoms with E-state index in [2.05, 4.69) is 5.32 Å². The quantitative estimate of drug-likeness (QED) is 0.818. The van der Waals surface area contributed by atoms with E-state index in [0.717, 1.165) is 0 Å². The van der Waals surface area contributed by atoms with E-state index in [9.17, 15) is 14.4 Å². The predicted molar refractivity (Wildman–Crippen MR) is 78.6 cm³/mol. The lowest BCUT2D eigenvalue weighted by Crippen LogP contribution is -2.47. The van der Waals surface area contributed by atoms with Crippen LogP contribution in [0.4, 0.5) is 0 Å². The number of piperidine rings is 1. The molecule has 0 bridgehead atoms. The highest BCUT2D eigenvalue weighted by atomic mass is 16.4. The third kappa shape index (κ3) is 5.02. The topological polar surface area (TPSA) is 86.7 Å². The van der Waals surface area contributed by atoms with Gasteiger partial charge in [-0.25, -0.2) is 0 Å². The molecule has 0 spiro atoms. The third-order valence-electron chi connectivity index (χ3n) is 3.85. The van der Waals surface area contributed by atoms with Crippen molar-refractivity contribution in [3.63, 3.8) is 0 Å². The molecule has 6 heteroatoms. The molecule has 0 aliphatic carbocycles. The van der Waals surface area contributed by atoms with Crippen LogP contribution >= 0.6 is 0 Å². The van der Waals surface area contributed by atoms with Crippen molar-refractivity contribution < 1.29 is 19.5 Å². The van der Waals surface area contributed by atoms with Crippen LogP contribution in [-0.2, 0) is 14.4 Å². The molecule has 0 aromatic carbocycles. The fourth-order valence-corrected chi connectivity index (χ4v) is 2.46. The van der Waals surface area contributed by atoms with Gasteiger partial charge in [0.15, 0.2) is 0 Å². The van der Waals surface area contributed by atoms with Gasteiger partial charge < -0.3 is 15.3 Å². The van der Waals surface area contributed by atoms with Crippen LogP contribution in [0, 0.1) is 11.3 Å². The number of carboxylic acid groups (broad SMARTS) is 1. The first kappa shape index (κ1) is 17.5. The van der Waals surface area contributed by atoms with Crippen LogP contribution in [0.5, 0.6) is 0 Å². The molecule has 2 unspecified atom stereocenters. The summed E-state index contributed by atoms with van der Waals surface area (Å²) in [5, 5.41) is 11.8. The highest BCUT2D eigenvalue weighted by Crippen LogP contribution is 2.23. The highest BCUT2D eigenvalue weighted by molar-refractivity contribution is 5.82. The molecule has 0 aromatic rings. The second-order valence-corrected chi connectivity index (χ2v) is 6.75. The Morgan fingerprint density at radius 3 is 2.38 bits per heavy atom. The standard InChI is InChI=1S/C15H26N2O4/c1-10-9-11(13(19)20)6-8-17(10)12(18)5-7-16-14(21)15(2,3)4/h10-11H,5-9H2,1-4H3,(H,16,21)(H,19,20). The van der Waals surface area contributed by atoms with Crippen molar-refractivity contribution in [2.75, 3.05) is 13.1 Å². The molecular weight excluding hydrogens is 272 g/mol. The van der Waals surface area contributed by atoms with Gasteiger partial charge in [0, 0.05) is 31.0 Å². The molecule has 1 heterocycles. The molecule has 0 aromatic heterocycles. The Balaban J connectivity index is 2.40. The molecule has 2 amide bonds. The van der Waals surface area contributed by atoms with Crippen LogP contribution in [0.25, 0.3) is 0 Å². The van der Waals surface area contributed by atoms with Gasteiger partial charge in [-0.15, -0.1) is 0 Å². The van der Waals surface area contributed by atoms with Crippen molar-refractivity contribution in [2.45, 2.75) is 53.0 Å². The van der Waals surface area contributed by atoms with Gasteiger partial charge in [0.1, 0.15) is 0 Å². The average molecular weight is 298 g/mol. The largest absolute Gasteiger partial charge is 0.481 e. The Hall–Kier alpha value is -1.59. The summed E-state index contributed by atoms with van der Waals surface area (Å²) in [6.45, 7) is 8.14. The number of nitrogens with zero attached hydrogens (tertiary/aromatic N) is 1. The minimum absolute atomic E-state index is 0.0273. The van der Waals surface area contributed by atoms with Gasteiger partial charge in [-0.3, -0.25) is 14.4 Å². The summed E-state index contributed by atoms with van der Waals surface area (Å²) < 4.78 is 0. The van der Waals surface area contributed by atoms with Gasteiger partial charge in [-0.1, -0.05) is 20.8 Å². The molecule has 1 saturated heterocycles. The van der Waals surface area contributed by atoms with Crippen molar-refractivity contribution in [1.29, 1.82) is 0 Å². The van der Waals surface area contributed by atoms with Crippen molar-refractivity contribution >= 4 is 17.8 Å². The van der Waals surface area contributed by atoms with Gasteiger partial charge in [-0.2, -0.15) is 0 Å². The fourth-order valence-electron chi connectivity index (χ4n) is 2.46. The second kappa shape index (κ2) is 6.91. The van der Waals surface area contributed by atoms with Gasteiger partial charge in [0.05, 0.1) is 5.92 Å². The monoisotopic (exact) mass is 298 g/mol. The number of likely N-dealkylation sites (tertiary alicyclic amines) is 1. The van der Waals surface area contributed by atoms with E-state index in [1.165, 1.54) is 0 Å². The zero-order valence-electron chi connectivity index (χ0n) is 13.3. The van der Waals surface area contributed by atoms with E-state index < -0.39 is 11.4 Å². The van der Waals surface area contributed by atoms with E-state index in [0.29, 0.717) is 25.9 Å². The van der Waals surface area contributed by atoms with Crippen LogP contribution in [-0.4, -0.2) is 46.9 Å². The van der Waals surface area contributed by atoms with E-state index in [1.54, 1.807) is 4.90 Å². The fraction of sp³-hybridized carbons (Fsp3) is 0.800. The highest BCUT2D eigenvalue weighted by Gasteiger charge is 2.32. The van der Waals surface area contributed by atoms with Crippen molar-refractivity contribution in [1.82, 2.24) is 10.2 Å². The number of carbonyl (C=O) groups is 3.